The molecule has 2 saturated heterocycles. The minimum absolute atomic E-state index is 0.0170. The maximum absolute atomic E-state index is 14.1. The van der Waals surface area contributed by atoms with Crippen LogP contribution >= 0.6 is 0 Å². The van der Waals surface area contributed by atoms with Gasteiger partial charge in [0.2, 0.25) is 0 Å². The van der Waals surface area contributed by atoms with Gasteiger partial charge in [-0.2, -0.15) is 26.3 Å². The van der Waals surface area contributed by atoms with Gasteiger partial charge in [0.25, 0.3) is 5.91 Å². The predicted octanol–water partition coefficient (Wildman–Crippen LogP) is 4.45. The fourth-order valence-corrected chi connectivity index (χ4v) is 6.15. The molecule has 0 aromatic heterocycles. The van der Waals surface area contributed by atoms with E-state index in [0.29, 0.717) is 37.3 Å². The molecule has 14 heteroatoms. The number of nitrogens with zero attached hydrogens (tertiary/aromatic N) is 3. The second kappa shape index (κ2) is 14.0. The van der Waals surface area contributed by atoms with E-state index in [0.717, 1.165) is 19.3 Å². The molecule has 3 atom stereocenters. The number of aliphatic hydroxyl groups is 2. The van der Waals surface area contributed by atoms with Crippen molar-refractivity contribution in [2.45, 2.75) is 56.2 Å². The van der Waals surface area contributed by atoms with E-state index >= 15 is 0 Å². The molecule has 2 aliphatic rings. The van der Waals surface area contributed by atoms with E-state index in [1.54, 1.807) is 0 Å². The van der Waals surface area contributed by atoms with Gasteiger partial charge in [0.05, 0.1) is 31.5 Å². The number of aliphatic hydroxyl groups excluding tert-OH is 2. The van der Waals surface area contributed by atoms with Crippen LogP contribution in [0.2, 0.25) is 0 Å². The summed E-state index contributed by atoms with van der Waals surface area (Å²) < 4.78 is 100. The molecule has 0 radical (unpaired) electrons. The van der Waals surface area contributed by atoms with Crippen molar-refractivity contribution in [3.63, 3.8) is 0 Å². The Morgan fingerprint density at radius 1 is 0.886 bits per heavy atom. The van der Waals surface area contributed by atoms with E-state index in [9.17, 15) is 45.7 Å². The molecule has 0 spiro atoms. The van der Waals surface area contributed by atoms with Gasteiger partial charge in [0.15, 0.2) is 11.6 Å². The van der Waals surface area contributed by atoms with E-state index in [2.05, 4.69) is 4.90 Å². The SMILES string of the molecule is COc1cc(C[C@@H]2CN(CCN3C(CO)CCCC3CO)CCN2C(=O)c2cc(C(F)(F)F)cc(C(F)(F)F)c2)ccc1F. The van der Waals surface area contributed by atoms with E-state index in [-0.39, 0.29) is 56.6 Å². The molecule has 2 unspecified atom stereocenters. The highest BCUT2D eigenvalue weighted by Gasteiger charge is 2.39. The lowest BCUT2D eigenvalue weighted by Crippen LogP contribution is -2.58. The quantitative estimate of drug-likeness (QED) is 0.397. The third kappa shape index (κ3) is 8.01. The molecule has 0 saturated carbocycles. The fraction of sp³-hybridized carbons (Fsp3) is 0.567. The van der Waals surface area contributed by atoms with Gasteiger partial charge >= 0.3 is 12.4 Å². The molecule has 4 rings (SSSR count). The topological polar surface area (TPSA) is 76.5 Å². The van der Waals surface area contributed by atoms with Crippen molar-refractivity contribution in [2.24, 2.45) is 0 Å². The lowest BCUT2D eigenvalue weighted by Gasteiger charge is -2.44. The number of piperidine rings is 1. The molecule has 0 bridgehead atoms. The van der Waals surface area contributed by atoms with Crippen molar-refractivity contribution in [3.05, 3.63) is 64.5 Å². The van der Waals surface area contributed by atoms with Gasteiger partial charge in [-0.05, 0) is 55.2 Å². The molecule has 1 amide bonds. The normalized spacial score (nSPS) is 22.3. The number of halogens is 7. The number of benzene rings is 2. The summed E-state index contributed by atoms with van der Waals surface area (Å²) >= 11 is 0. The van der Waals surface area contributed by atoms with Crippen LogP contribution in [0.3, 0.4) is 0 Å². The monoisotopic (exact) mass is 635 g/mol. The first-order valence-electron chi connectivity index (χ1n) is 14.4. The minimum Gasteiger partial charge on any atom is -0.494 e. The van der Waals surface area contributed by atoms with Crippen LogP contribution in [0, 0.1) is 5.82 Å². The largest absolute Gasteiger partial charge is 0.494 e. The molecular formula is C30H36F7N3O4. The standard InChI is InChI=1S/C30H36F7N3O4/c1-44-27-12-19(5-6-26(27)31)11-25-16-38(7-9-39-23(17-41)3-2-4-24(39)18-42)8-10-40(25)28(43)20-13-21(29(32,33)34)15-22(14-20)30(35,36)37/h5-6,12-15,23-25,41-42H,2-4,7-11,16-18H2,1H3/t23?,24?,25-/m1/s1. The number of hydrogen-bond acceptors (Lipinski definition) is 6. The number of alkyl halides is 6. The third-order valence-corrected chi connectivity index (χ3v) is 8.46. The second-order valence-corrected chi connectivity index (χ2v) is 11.3. The number of carbonyl (C=O) groups excluding carboxylic acids is 1. The molecule has 44 heavy (non-hydrogen) atoms. The molecule has 2 aromatic carbocycles. The van der Waals surface area contributed by atoms with Gasteiger partial charge in [-0.1, -0.05) is 12.5 Å². The zero-order chi connectivity index (χ0) is 32.2. The predicted molar refractivity (Wildman–Crippen MR) is 147 cm³/mol. The molecule has 2 aliphatic heterocycles. The lowest BCUT2D eigenvalue weighted by atomic mass is 9.96. The molecule has 2 heterocycles. The van der Waals surface area contributed by atoms with Crippen LogP contribution in [0.25, 0.3) is 0 Å². The van der Waals surface area contributed by atoms with E-state index < -0.39 is 46.8 Å². The van der Waals surface area contributed by atoms with Gasteiger partial charge in [-0.25, -0.2) is 4.39 Å². The summed E-state index contributed by atoms with van der Waals surface area (Å²) in [6.45, 7) is 1.41. The average molecular weight is 636 g/mol. The Morgan fingerprint density at radius 3 is 2.05 bits per heavy atom. The number of hydrogen-bond donors (Lipinski definition) is 2. The average Bonchev–Trinajstić information content (AvgIpc) is 2.99. The van der Waals surface area contributed by atoms with Crippen LogP contribution in [-0.2, 0) is 18.8 Å². The number of likely N-dealkylation sites (tertiary alicyclic amines) is 1. The van der Waals surface area contributed by atoms with Crippen LogP contribution in [0.15, 0.2) is 36.4 Å². The molecule has 2 aromatic rings. The van der Waals surface area contributed by atoms with Crippen molar-refractivity contribution in [1.82, 2.24) is 14.7 Å². The number of amides is 1. The van der Waals surface area contributed by atoms with Gasteiger partial charge in [0.1, 0.15) is 0 Å². The summed E-state index contributed by atoms with van der Waals surface area (Å²) in [5.41, 5.74) is -3.32. The molecule has 0 aliphatic carbocycles. The highest BCUT2D eigenvalue weighted by atomic mass is 19.4. The Morgan fingerprint density at radius 2 is 1.50 bits per heavy atom. The highest BCUT2D eigenvalue weighted by molar-refractivity contribution is 5.95. The molecule has 2 N–H and O–H groups in total. The van der Waals surface area contributed by atoms with Crippen molar-refractivity contribution in [3.8, 4) is 5.75 Å². The first-order chi connectivity index (χ1) is 20.7. The van der Waals surface area contributed by atoms with Crippen molar-refractivity contribution >= 4 is 5.91 Å². The Balaban J connectivity index is 1.61. The Bertz CT molecular complexity index is 1250. The second-order valence-electron chi connectivity index (χ2n) is 11.3. The van der Waals surface area contributed by atoms with Crippen LogP contribution in [0.5, 0.6) is 5.75 Å². The van der Waals surface area contributed by atoms with Crippen LogP contribution in [0.1, 0.15) is 46.3 Å². The maximum Gasteiger partial charge on any atom is 0.416 e. The van der Waals surface area contributed by atoms with E-state index in [1.165, 1.54) is 30.2 Å². The number of carbonyl (C=O) groups is 1. The summed E-state index contributed by atoms with van der Waals surface area (Å²) in [4.78, 5) is 19.0. The van der Waals surface area contributed by atoms with Crippen molar-refractivity contribution < 1.29 is 50.5 Å². The molecule has 244 valence electrons. The van der Waals surface area contributed by atoms with Crippen molar-refractivity contribution in [1.29, 1.82) is 0 Å². The number of methoxy groups -OCH3 is 1. The molecule has 7 nitrogen and oxygen atoms in total. The Labute approximate surface area is 250 Å². The zero-order valence-corrected chi connectivity index (χ0v) is 24.2. The highest BCUT2D eigenvalue weighted by Crippen LogP contribution is 2.37. The number of piperazine rings is 1. The summed E-state index contributed by atoms with van der Waals surface area (Å²) in [5.74, 6) is -1.63. The lowest BCUT2D eigenvalue weighted by molar-refractivity contribution is -0.143. The van der Waals surface area contributed by atoms with Crippen LogP contribution in [-0.4, -0.2) is 102 Å². The van der Waals surface area contributed by atoms with E-state index in [1.807, 2.05) is 4.90 Å². The Hall–Kier alpha value is -2.94. The summed E-state index contributed by atoms with van der Waals surface area (Å²) in [6.07, 6.45) is -7.64. The van der Waals surface area contributed by atoms with E-state index in [4.69, 9.17) is 4.74 Å². The smallest absolute Gasteiger partial charge is 0.416 e. The van der Waals surface area contributed by atoms with Gasteiger partial charge in [-0.3, -0.25) is 14.6 Å². The molecule has 2 fully saturated rings. The number of rotatable bonds is 9. The Kier molecular flexibility index (Phi) is 10.8. The first-order valence-corrected chi connectivity index (χ1v) is 14.4. The molecular weight excluding hydrogens is 599 g/mol. The fourth-order valence-electron chi connectivity index (χ4n) is 6.15. The van der Waals surface area contributed by atoms with Crippen LogP contribution in [0.4, 0.5) is 30.7 Å². The summed E-state index contributed by atoms with van der Waals surface area (Å²) in [6, 6.07) is 4.04. The summed E-state index contributed by atoms with van der Waals surface area (Å²) in [5, 5.41) is 19.7. The van der Waals surface area contributed by atoms with Gasteiger partial charge in [0, 0.05) is 56.4 Å². The zero-order valence-electron chi connectivity index (χ0n) is 24.2. The van der Waals surface area contributed by atoms with Crippen LogP contribution < -0.4 is 4.74 Å². The van der Waals surface area contributed by atoms with Gasteiger partial charge < -0.3 is 19.8 Å². The summed E-state index contributed by atoms with van der Waals surface area (Å²) in [7, 11) is 1.28. The minimum atomic E-state index is -5.10. The van der Waals surface area contributed by atoms with Gasteiger partial charge in [-0.15, -0.1) is 0 Å². The maximum atomic E-state index is 14.1. The third-order valence-electron chi connectivity index (χ3n) is 8.46. The number of ether oxygens (including phenoxy) is 1. The first kappa shape index (κ1) is 33.9. The van der Waals surface area contributed by atoms with Crippen molar-refractivity contribution in [2.75, 3.05) is 53.0 Å².